The fourth-order valence-corrected chi connectivity index (χ4v) is 2.74. The predicted molar refractivity (Wildman–Crippen MR) is 83.3 cm³/mol. The molecule has 0 amide bonds. The van der Waals surface area contributed by atoms with Gasteiger partial charge in [0.1, 0.15) is 12.2 Å². The summed E-state index contributed by atoms with van der Waals surface area (Å²) in [6, 6.07) is 11.5. The Morgan fingerprint density at radius 1 is 1.12 bits per heavy atom. The third kappa shape index (κ3) is 2.74. The molecule has 3 nitrogen and oxygen atoms in total. The third-order valence-corrected chi connectivity index (χ3v) is 3.93. The van der Waals surface area contributed by atoms with Gasteiger partial charge in [0.25, 0.3) is 0 Å². The summed E-state index contributed by atoms with van der Waals surface area (Å²) in [5.41, 5.74) is 2.01. The van der Waals surface area contributed by atoms with Crippen molar-refractivity contribution >= 4 is 10.9 Å². The van der Waals surface area contributed by atoms with Crippen LogP contribution in [0.2, 0.25) is 0 Å². The summed E-state index contributed by atoms with van der Waals surface area (Å²) in [4.78, 5) is 3.07. The Labute approximate surface area is 136 Å². The van der Waals surface area contributed by atoms with Crippen molar-refractivity contribution in [3.05, 3.63) is 70.4 Å². The first kappa shape index (κ1) is 16.1. The molecule has 0 radical (unpaired) electrons. The van der Waals surface area contributed by atoms with E-state index >= 15 is 0 Å². The van der Waals surface area contributed by atoms with Gasteiger partial charge in [-0.25, -0.2) is 0 Å². The molecule has 1 heterocycles. The van der Waals surface area contributed by atoms with Crippen LogP contribution in [0.25, 0.3) is 10.9 Å². The maximum absolute atomic E-state index is 12.6. The zero-order chi connectivity index (χ0) is 17.5. The number of H-pyrrole nitrogens is 1. The number of aryl methyl sites for hydroxylation is 1. The fourth-order valence-electron chi connectivity index (χ4n) is 2.74. The zero-order valence-electron chi connectivity index (χ0n) is 12.6. The molecule has 1 atom stereocenters. The molecule has 0 saturated heterocycles. The second-order valence-electron chi connectivity index (χ2n) is 5.58. The minimum atomic E-state index is -4.41. The molecule has 0 aliphatic heterocycles. The van der Waals surface area contributed by atoms with Gasteiger partial charge in [0.05, 0.1) is 16.6 Å². The molecule has 6 heteroatoms. The maximum Gasteiger partial charge on any atom is 0.416 e. The lowest BCUT2D eigenvalue weighted by Gasteiger charge is -2.14. The highest BCUT2D eigenvalue weighted by atomic mass is 19.4. The predicted octanol–water partition coefficient (Wildman–Crippen LogP) is 4.45. The molecule has 0 spiro atoms. The van der Waals surface area contributed by atoms with Crippen LogP contribution in [0.4, 0.5) is 13.2 Å². The monoisotopic (exact) mass is 330 g/mol. The van der Waals surface area contributed by atoms with E-state index in [9.17, 15) is 18.3 Å². The van der Waals surface area contributed by atoms with E-state index in [0.717, 1.165) is 17.8 Å². The summed E-state index contributed by atoms with van der Waals surface area (Å²) in [6.45, 7) is 1.83. The fraction of sp³-hybridized carbons (Fsp3) is 0.167. The largest absolute Gasteiger partial charge is 0.416 e. The van der Waals surface area contributed by atoms with Crippen molar-refractivity contribution in [1.82, 2.24) is 4.98 Å². The van der Waals surface area contributed by atoms with Crippen molar-refractivity contribution in [2.75, 3.05) is 0 Å². The van der Waals surface area contributed by atoms with Gasteiger partial charge in [-0.2, -0.15) is 18.4 Å². The molecule has 0 saturated carbocycles. The highest BCUT2D eigenvalue weighted by Gasteiger charge is 2.30. The van der Waals surface area contributed by atoms with Crippen LogP contribution in [-0.2, 0) is 6.18 Å². The number of hydrogen-bond donors (Lipinski definition) is 2. The molecule has 1 aromatic heterocycles. The minimum absolute atomic E-state index is 0.355. The Balaban J connectivity index is 2.06. The molecular weight excluding hydrogens is 317 g/mol. The number of aliphatic hydroxyl groups is 1. The number of rotatable bonds is 2. The van der Waals surface area contributed by atoms with Crippen molar-refractivity contribution in [3.63, 3.8) is 0 Å². The van der Waals surface area contributed by atoms with Crippen molar-refractivity contribution < 1.29 is 18.3 Å². The number of aromatic nitrogens is 1. The van der Waals surface area contributed by atoms with Crippen molar-refractivity contribution in [2.45, 2.75) is 19.2 Å². The summed E-state index contributed by atoms with van der Waals surface area (Å²) in [5, 5.41) is 20.4. The number of alkyl halides is 3. The van der Waals surface area contributed by atoms with Crippen molar-refractivity contribution in [3.8, 4) is 6.07 Å². The second-order valence-corrected chi connectivity index (χ2v) is 5.58. The van der Waals surface area contributed by atoms with E-state index in [-0.39, 0.29) is 0 Å². The Hall–Kier alpha value is -2.78. The van der Waals surface area contributed by atoms with Crippen molar-refractivity contribution in [2.24, 2.45) is 0 Å². The van der Waals surface area contributed by atoms with E-state index in [4.69, 9.17) is 5.26 Å². The Bertz CT molecular complexity index is 934. The lowest BCUT2D eigenvalue weighted by molar-refractivity contribution is -0.137. The quantitative estimate of drug-likeness (QED) is 0.729. The number of aromatic amines is 1. The van der Waals surface area contributed by atoms with Gasteiger partial charge in [-0.05, 0) is 42.3 Å². The Kier molecular flexibility index (Phi) is 3.82. The number of nitriles is 1. The molecule has 24 heavy (non-hydrogen) atoms. The normalized spacial score (nSPS) is 13.0. The van der Waals surface area contributed by atoms with Crippen LogP contribution in [0.5, 0.6) is 0 Å². The van der Waals surface area contributed by atoms with Gasteiger partial charge >= 0.3 is 6.18 Å². The van der Waals surface area contributed by atoms with E-state index in [1.165, 1.54) is 12.1 Å². The summed E-state index contributed by atoms with van der Waals surface area (Å²) >= 11 is 0. The van der Waals surface area contributed by atoms with E-state index < -0.39 is 17.8 Å². The molecule has 1 unspecified atom stereocenters. The van der Waals surface area contributed by atoms with Crippen LogP contribution in [0.3, 0.4) is 0 Å². The SMILES string of the molecule is Cc1cc2c(C(O)c3ccc(C(F)(F)F)cc3)ccc(C#N)c2[nH]1. The minimum Gasteiger partial charge on any atom is -0.384 e. The van der Waals surface area contributed by atoms with E-state index in [0.29, 0.717) is 27.6 Å². The molecule has 2 aromatic carbocycles. The van der Waals surface area contributed by atoms with Crippen LogP contribution >= 0.6 is 0 Å². The first-order valence-corrected chi connectivity index (χ1v) is 7.19. The average Bonchev–Trinajstić information content (AvgIpc) is 2.94. The Morgan fingerprint density at radius 3 is 2.38 bits per heavy atom. The number of fused-ring (bicyclic) bond motifs is 1. The van der Waals surface area contributed by atoms with E-state index in [2.05, 4.69) is 11.1 Å². The van der Waals surface area contributed by atoms with Gasteiger partial charge in [-0.1, -0.05) is 18.2 Å². The molecule has 0 aliphatic rings. The number of nitrogens with zero attached hydrogens (tertiary/aromatic N) is 1. The first-order chi connectivity index (χ1) is 11.3. The van der Waals surface area contributed by atoms with Crippen LogP contribution in [0.1, 0.15) is 34.1 Å². The lowest BCUT2D eigenvalue weighted by atomic mass is 9.96. The highest BCUT2D eigenvalue weighted by molar-refractivity contribution is 5.89. The zero-order valence-corrected chi connectivity index (χ0v) is 12.6. The van der Waals surface area contributed by atoms with Gasteiger partial charge in [-0.3, -0.25) is 0 Å². The Morgan fingerprint density at radius 2 is 1.79 bits per heavy atom. The molecule has 0 fully saturated rings. The van der Waals surface area contributed by atoms with Crippen LogP contribution < -0.4 is 0 Å². The molecule has 2 N–H and O–H groups in total. The number of halogens is 3. The summed E-state index contributed by atoms with van der Waals surface area (Å²) < 4.78 is 37.9. The van der Waals surface area contributed by atoms with Gasteiger partial charge in [-0.15, -0.1) is 0 Å². The second kappa shape index (κ2) is 5.69. The van der Waals surface area contributed by atoms with Crippen molar-refractivity contribution in [1.29, 1.82) is 5.26 Å². The van der Waals surface area contributed by atoms with Gasteiger partial charge in [0, 0.05) is 11.1 Å². The van der Waals surface area contributed by atoms with Gasteiger partial charge in [0.15, 0.2) is 0 Å². The standard InChI is InChI=1S/C18H13F3N2O/c1-10-8-15-14(7-4-12(9-22)16(15)23-10)17(24)11-2-5-13(6-3-11)18(19,20)21/h2-8,17,23-24H,1H3. The summed E-state index contributed by atoms with van der Waals surface area (Å²) in [6.07, 6.45) is -5.50. The molecule has 3 rings (SSSR count). The van der Waals surface area contributed by atoms with E-state index in [1.54, 1.807) is 18.2 Å². The highest BCUT2D eigenvalue weighted by Crippen LogP contribution is 2.33. The van der Waals surface area contributed by atoms with Gasteiger partial charge < -0.3 is 10.1 Å². The number of nitrogens with one attached hydrogen (secondary N) is 1. The smallest absolute Gasteiger partial charge is 0.384 e. The van der Waals surface area contributed by atoms with Gasteiger partial charge in [0.2, 0.25) is 0 Å². The number of aliphatic hydroxyl groups excluding tert-OH is 1. The van der Waals surface area contributed by atoms with Crippen LogP contribution in [0.15, 0.2) is 42.5 Å². The van der Waals surface area contributed by atoms with E-state index in [1.807, 2.05) is 6.92 Å². The molecule has 3 aromatic rings. The molecule has 122 valence electrons. The number of hydrogen-bond acceptors (Lipinski definition) is 2. The number of benzene rings is 2. The third-order valence-electron chi connectivity index (χ3n) is 3.93. The summed E-state index contributed by atoms with van der Waals surface area (Å²) in [5.74, 6) is 0. The lowest BCUT2D eigenvalue weighted by Crippen LogP contribution is -2.06. The molecular formula is C18H13F3N2O. The maximum atomic E-state index is 12.6. The average molecular weight is 330 g/mol. The van der Waals surface area contributed by atoms with Crippen LogP contribution in [-0.4, -0.2) is 10.1 Å². The van der Waals surface area contributed by atoms with Crippen LogP contribution in [0, 0.1) is 18.3 Å². The summed E-state index contributed by atoms with van der Waals surface area (Å²) in [7, 11) is 0. The topological polar surface area (TPSA) is 59.8 Å². The first-order valence-electron chi connectivity index (χ1n) is 7.19. The molecule has 0 bridgehead atoms. The molecule has 0 aliphatic carbocycles.